The molecule has 1 aromatic carbocycles. The van der Waals surface area contributed by atoms with Gasteiger partial charge in [0.25, 0.3) is 0 Å². The van der Waals surface area contributed by atoms with Crippen LogP contribution in [-0.2, 0) is 7.05 Å². The van der Waals surface area contributed by atoms with Gasteiger partial charge in [0.2, 0.25) is 0 Å². The van der Waals surface area contributed by atoms with Gasteiger partial charge in [-0.1, -0.05) is 48.7 Å². The summed E-state index contributed by atoms with van der Waals surface area (Å²) < 4.78 is 7.94. The van der Waals surface area contributed by atoms with E-state index in [-0.39, 0.29) is 0 Å². The molecule has 0 aliphatic heterocycles. The van der Waals surface area contributed by atoms with Crippen LogP contribution < -0.4 is 4.74 Å². The van der Waals surface area contributed by atoms with Crippen molar-refractivity contribution in [3.05, 3.63) is 35.7 Å². The summed E-state index contributed by atoms with van der Waals surface area (Å²) >= 11 is 1.72. The third-order valence-electron chi connectivity index (χ3n) is 4.44. The van der Waals surface area contributed by atoms with E-state index in [1.54, 1.807) is 11.8 Å². The predicted octanol–water partition coefficient (Wildman–Crippen LogP) is 4.34. The lowest BCUT2D eigenvalue weighted by Crippen LogP contribution is -2.10. The minimum Gasteiger partial charge on any atom is -0.493 e. The average Bonchev–Trinajstić information content (AvgIpc) is 2.95. The third-order valence-corrected chi connectivity index (χ3v) is 5.43. The zero-order valence-corrected chi connectivity index (χ0v) is 14.8. The summed E-state index contributed by atoms with van der Waals surface area (Å²) in [7, 11) is 2.09. The molecule has 1 aromatic heterocycles. The van der Waals surface area contributed by atoms with Crippen LogP contribution in [0.15, 0.2) is 29.4 Å². The fourth-order valence-electron chi connectivity index (χ4n) is 3.10. The van der Waals surface area contributed by atoms with Gasteiger partial charge in [-0.15, -0.1) is 10.2 Å². The van der Waals surface area contributed by atoms with Gasteiger partial charge in [0, 0.05) is 18.7 Å². The highest BCUT2D eigenvalue weighted by Gasteiger charge is 2.21. The van der Waals surface area contributed by atoms with Crippen molar-refractivity contribution in [2.75, 3.05) is 12.4 Å². The average molecular weight is 331 g/mol. The van der Waals surface area contributed by atoms with Crippen LogP contribution in [0.3, 0.4) is 0 Å². The van der Waals surface area contributed by atoms with Crippen molar-refractivity contribution in [1.29, 1.82) is 0 Å². The monoisotopic (exact) mass is 331 g/mol. The van der Waals surface area contributed by atoms with Crippen molar-refractivity contribution < 1.29 is 4.74 Å². The standard InChI is InChI=1S/C18H25N3OS/c1-14-8-10-16(11-9-14)22-12-13-23-18-20-19-17(21(18)2)15-6-4-3-5-7-15/h8-11,15H,3-7,12-13H2,1-2H3. The second kappa shape index (κ2) is 7.86. The van der Waals surface area contributed by atoms with Gasteiger partial charge < -0.3 is 9.30 Å². The first-order valence-corrected chi connectivity index (χ1v) is 9.44. The second-order valence-electron chi connectivity index (χ2n) is 6.24. The van der Waals surface area contributed by atoms with Crippen LogP contribution in [0.5, 0.6) is 5.75 Å². The molecule has 2 aromatic rings. The molecule has 1 aliphatic carbocycles. The molecule has 0 saturated heterocycles. The van der Waals surface area contributed by atoms with Gasteiger partial charge in [-0.2, -0.15) is 0 Å². The van der Waals surface area contributed by atoms with Gasteiger partial charge in [0.1, 0.15) is 11.6 Å². The van der Waals surface area contributed by atoms with Gasteiger partial charge in [0.05, 0.1) is 6.61 Å². The number of ether oxygens (including phenoxy) is 1. The molecule has 0 unspecified atom stereocenters. The predicted molar refractivity (Wildman–Crippen MR) is 94.2 cm³/mol. The molecule has 124 valence electrons. The molecule has 0 bridgehead atoms. The molecular formula is C18H25N3OS. The summed E-state index contributed by atoms with van der Waals surface area (Å²) in [5, 5.41) is 9.80. The number of nitrogens with zero attached hydrogens (tertiary/aromatic N) is 3. The van der Waals surface area contributed by atoms with E-state index in [1.807, 2.05) is 12.1 Å². The maximum Gasteiger partial charge on any atom is 0.191 e. The smallest absolute Gasteiger partial charge is 0.191 e. The Hall–Kier alpha value is -1.49. The number of benzene rings is 1. The highest BCUT2D eigenvalue weighted by Crippen LogP contribution is 2.32. The Kier molecular flexibility index (Phi) is 5.60. The van der Waals surface area contributed by atoms with Gasteiger partial charge in [-0.25, -0.2) is 0 Å². The van der Waals surface area contributed by atoms with E-state index in [0.29, 0.717) is 12.5 Å². The topological polar surface area (TPSA) is 39.9 Å². The summed E-state index contributed by atoms with van der Waals surface area (Å²) in [6.45, 7) is 2.76. The Morgan fingerprint density at radius 2 is 1.87 bits per heavy atom. The molecule has 1 aliphatic rings. The fourth-order valence-corrected chi connectivity index (χ4v) is 3.83. The zero-order chi connectivity index (χ0) is 16.1. The molecule has 1 fully saturated rings. The third kappa shape index (κ3) is 4.28. The number of hydrogen-bond donors (Lipinski definition) is 0. The Labute approximate surface area is 142 Å². The van der Waals surface area contributed by atoms with Crippen LogP contribution >= 0.6 is 11.8 Å². The zero-order valence-electron chi connectivity index (χ0n) is 14.0. The van der Waals surface area contributed by atoms with Crippen molar-refractivity contribution in [2.45, 2.75) is 50.1 Å². The first-order chi connectivity index (χ1) is 11.2. The molecule has 1 saturated carbocycles. The summed E-state index contributed by atoms with van der Waals surface area (Å²) in [4.78, 5) is 0. The molecule has 23 heavy (non-hydrogen) atoms. The normalized spacial score (nSPS) is 15.7. The lowest BCUT2D eigenvalue weighted by atomic mass is 9.89. The summed E-state index contributed by atoms with van der Waals surface area (Å²) in [6, 6.07) is 8.18. The first kappa shape index (κ1) is 16.4. The van der Waals surface area contributed by atoms with Crippen molar-refractivity contribution >= 4 is 11.8 Å². The summed E-state index contributed by atoms with van der Waals surface area (Å²) in [5.41, 5.74) is 1.25. The largest absolute Gasteiger partial charge is 0.493 e. The molecule has 4 nitrogen and oxygen atoms in total. The van der Waals surface area contributed by atoms with E-state index in [1.165, 1.54) is 37.7 Å². The maximum atomic E-state index is 5.77. The number of aromatic nitrogens is 3. The van der Waals surface area contributed by atoms with Crippen molar-refractivity contribution in [2.24, 2.45) is 7.05 Å². The minimum atomic E-state index is 0.597. The van der Waals surface area contributed by atoms with Crippen molar-refractivity contribution in [3.8, 4) is 5.75 Å². The van der Waals surface area contributed by atoms with Gasteiger partial charge in [0.15, 0.2) is 5.16 Å². The quantitative estimate of drug-likeness (QED) is 0.583. The number of rotatable bonds is 6. The van der Waals surface area contributed by atoms with Crippen molar-refractivity contribution in [3.63, 3.8) is 0 Å². The van der Waals surface area contributed by atoms with E-state index in [0.717, 1.165) is 22.5 Å². The highest BCUT2D eigenvalue weighted by atomic mass is 32.2. The van der Waals surface area contributed by atoms with E-state index in [4.69, 9.17) is 4.74 Å². The molecular weight excluding hydrogens is 306 g/mol. The van der Waals surface area contributed by atoms with Crippen LogP contribution in [0, 0.1) is 6.92 Å². The lowest BCUT2D eigenvalue weighted by Gasteiger charge is -2.20. The molecule has 0 radical (unpaired) electrons. The summed E-state index contributed by atoms with van der Waals surface area (Å²) in [5.74, 6) is 3.56. The second-order valence-corrected chi connectivity index (χ2v) is 7.31. The number of hydrogen-bond acceptors (Lipinski definition) is 4. The lowest BCUT2D eigenvalue weighted by molar-refractivity contribution is 0.343. The minimum absolute atomic E-state index is 0.597. The molecule has 1 heterocycles. The molecule has 3 rings (SSSR count). The van der Waals surface area contributed by atoms with Crippen LogP contribution in [0.25, 0.3) is 0 Å². The Morgan fingerprint density at radius 3 is 2.61 bits per heavy atom. The van der Waals surface area contributed by atoms with Crippen LogP contribution in [0.2, 0.25) is 0 Å². The number of aryl methyl sites for hydroxylation is 1. The molecule has 0 spiro atoms. The van der Waals surface area contributed by atoms with Crippen LogP contribution in [-0.4, -0.2) is 27.1 Å². The molecule has 5 heteroatoms. The van der Waals surface area contributed by atoms with Gasteiger partial charge >= 0.3 is 0 Å². The summed E-state index contributed by atoms with van der Waals surface area (Å²) in [6.07, 6.45) is 6.53. The Balaban J connectivity index is 1.48. The Bertz CT molecular complexity index is 618. The fraction of sp³-hybridized carbons (Fsp3) is 0.556. The molecule has 0 N–H and O–H groups in total. The van der Waals surface area contributed by atoms with E-state index >= 15 is 0 Å². The van der Waals surface area contributed by atoms with E-state index in [2.05, 4.69) is 40.9 Å². The maximum absolute atomic E-state index is 5.77. The van der Waals surface area contributed by atoms with E-state index < -0.39 is 0 Å². The van der Waals surface area contributed by atoms with Gasteiger partial charge in [-0.3, -0.25) is 0 Å². The first-order valence-electron chi connectivity index (χ1n) is 8.45. The SMILES string of the molecule is Cc1ccc(OCCSc2nnc(C3CCCCC3)n2C)cc1. The highest BCUT2D eigenvalue weighted by molar-refractivity contribution is 7.99. The van der Waals surface area contributed by atoms with Crippen LogP contribution in [0.4, 0.5) is 0 Å². The Morgan fingerprint density at radius 1 is 1.13 bits per heavy atom. The molecule has 0 atom stereocenters. The van der Waals surface area contributed by atoms with Gasteiger partial charge in [-0.05, 0) is 31.9 Å². The van der Waals surface area contributed by atoms with Crippen molar-refractivity contribution in [1.82, 2.24) is 14.8 Å². The van der Waals surface area contributed by atoms with E-state index in [9.17, 15) is 0 Å². The molecule has 0 amide bonds. The number of thioether (sulfide) groups is 1. The van der Waals surface area contributed by atoms with Crippen LogP contribution in [0.1, 0.15) is 49.4 Å².